The molecule has 0 spiro atoms. The van der Waals surface area contributed by atoms with E-state index in [1.807, 2.05) is 48.5 Å². The molecule has 0 fully saturated rings. The van der Waals surface area contributed by atoms with Crippen LogP contribution < -0.4 is 0 Å². The van der Waals surface area contributed by atoms with Gasteiger partial charge in [0.25, 0.3) is 0 Å². The van der Waals surface area contributed by atoms with E-state index >= 15 is 0 Å². The van der Waals surface area contributed by atoms with Crippen molar-refractivity contribution < 1.29 is 19.1 Å². The molecule has 1 aliphatic rings. The molecule has 1 atom stereocenters. The van der Waals surface area contributed by atoms with Gasteiger partial charge in [0.15, 0.2) is 5.78 Å². The van der Waals surface area contributed by atoms with Crippen LogP contribution in [0.15, 0.2) is 54.6 Å². The first-order valence-electron chi connectivity index (χ1n) is 8.97. The van der Waals surface area contributed by atoms with Gasteiger partial charge in [0.1, 0.15) is 17.9 Å². The van der Waals surface area contributed by atoms with Gasteiger partial charge in [0.05, 0.1) is 0 Å². The van der Waals surface area contributed by atoms with Crippen molar-refractivity contribution in [2.75, 3.05) is 13.8 Å². The fourth-order valence-corrected chi connectivity index (χ4v) is 3.52. The Labute approximate surface area is 159 Å². The highest BCUT2D eigenvalue weighted by atomic mass is 16.6. The molecular formula is C22H25NO4. The maximum absolute atomic E-state index is 13.3. The highest BCUT2D eigenvalue weighted by Crippen LogP contribution is 2.46. The van der Waals surface area contributed by atoms with Crippen molar-refractivity contribution in [2.45, 2.75) is 38.3 Å². The minimum atomic E-state index is -1.13. The molecule has 2 aromatic rings. The third kappa shape index (κ3) is 3.47. The van der Waals surface area contributed by atoms with Crippen LogP contribution in [0.5, 0.6) is 0 Å². The van der Waals surface area contributed by atoms with Crippen LogP contribution >= 0.6 is 0 Å². The molecule has 0 aromatic heterocycles. The summed E-state index contributed by atoms with van der Waals surface area (Å²) in [6.07, 6.45) is -0.199. The van der Waals surface area contributed by atoms with E-state index in [-0.39, 0.29) is 12.5 Å². The molecule has 1 aliphatic carbocycles. The van der Waals surface area contributed by atoms with E-state index in [1.54, 1.807) is 26.8 Å². The lowest BCUT2D eigenvalue weighted by molar-refractivity contribution is -0.0429. The monoisotopic (exact) mass is 367 g/mol. The molecule has 1 amide bonds. The number of ketones is 1. The maximum atomic E-state index is 13.3. The molecule has 5 heteroatoms. The summed E-state index contributed by atoms with van der Waals surface area (Å²) in [6.45, 7) is 5.37. The van der Waals surface area contributed by atoms with Crippen LogP contribution in [0.3, 0.4) is 0 Å². The van der Waals surface area contributed by atoms with Gasteiger partial charge in [0, 0.05) is 19.1 Å². The largest absolute Gasteiger partial charge is 0.444 e. The second-order valence-corrected chi connectivity index (χ2v) is 7.72. The van der Waals surface area contributed by atoms with Crippen molar-refractivity contribution in [1.29, 1.82) is 0 Å². The van der Waals surface area contributed by atoms with Gasteiger partial charge in [-0.15, -0.1) is 0 Å². The average molecular weight is 367 g/mol. The number of hydrogen-bond acceptors (Lipinski definition) is 4. The lowest BCUT2D eigenvalue weighted by atomic mass is 9.65. The normalized spacial score (nSPS) is 18.4. The Morgan fingerprint density at radius 1 is 1.04 bits per heavy atom. The number of amides is 1. The third-order valence-corrected chi connectivity index (χ3v) is 4.63. The van der Waals surface area contributed by atoms with Gasteiger partial charge in [-0.3, -0.25) is 9.69 Å². The number of rotatable bonds is 5. The molecule has 0 unspecified atom stereocenters. The molecule has 0 bridgehead atoms. The topological polar surface area (TPSA) is 55.8 Å². The van der Waals surface area contributed by atoms with Crippen LogP contribution in [-0.4, -0.2) is 36.2 Å². The Bertz CT molecular complexity index is 841. The van der Waals surface area contributed by atoms with Gasteiger partial charge in [-0.2, -0.15) is 0 Å². The number of methoxy groups -OCH3 is 1. The zero-order valence-corrected chi connectivity index (χ0v) is 16.2. The molecule has 2 aromatic carbocycles. The molecule has 142 valence electrons. The number of ether oxygens (including phenoxy) is 2. The Hall–Kier alpha value is -2.66. The molecule has 0 N–H and O–H groups in total. The molecule has 3 rings (SSSR count). The SMILES string of the molecule is COCN(C(=O)OC(C)(C)C)[C@@]1(Cc2ccccc2)C(=O)c2ccccc21. The maximum Gasteiger partial charge on any atom is 0.413 e. The lowest BCUT2D eigenvalue weighted by Crippen LogP contribution is -2.63. The summed E-state index contributed by atoms with van der Waals surface area (Å²) >= 11 is 0. The van der Waals surface area contributed by atoms with Crippen molar-refractivity contribution in [3.63, 3.8) is 0 Å². The second kappa shape index (κ2) is 7.16. The van der Waals surface area contributed by atoms with Gasteiger partial charge in [-0.1, -0.05) is 54.6 Å². The Balaban J connectivity index is 2.09. The number of carbonyl (C=O) groups excluding carboxylic acids is 2. The first-order valence-corrected chi connectivity index (χ1v) is 8.97. The molecule has 5 nitrogen and oxygen atoms in total. The zero-order chi connectivity index (χ0) is 19.7. The number of hydrogen-bond donors (Lipinski definition) is 0. The number of fused-ring (bicyclic) bond motifs is 1. The van der Waals surface area contributed by atoms with Crippen LogP contribution in [0.1, 0.15) is 42.3 Å². The number of Topliss-reactive ketones (excluding diaryl/α,β-unsaturated/α-hetero) is 1. The molecule has 0 heterocycles. The van der Waals surface area contributed by atoms with Gasteiger partial charge in [0.2, 0.25) is 0 Å². The summed E-state index contributed by atoms with van der Waals surface area (Å²) in [7, 11) is 1.50. The smallest absolute Gasteiger partial charge is 0.413 e. The van der Waals surface area contributed by atoms with E-state index in [2.05, 4.69) is 0 Å². The Kier molecular flexibility index (Phi) is 5.07. The van der Waals surface area contributed by atoms with Crippen molar-refractivity contribution in [3.05, 3.63) is 71.3 Å². The van der Waals surface area contributed by atoms with Crippen LogP contribution in [0.4, 0.5) is 4.79 Å². The Morgan fingerprint density at radius 3 is 2.30 bits per heavy atom. The summed E-state index contributed by atoms with van der Waals surface area (Å²) in [6, 6.07) is 17.1. The molecule has 0 saturated heterocycles. The van der Waals surface area contributed by atoms with Crippen molar-refractivity contribution in [3.8, 4) is 0 Å². The third-order valence-electron chi connectivity index (χ3n) is 4.63. The number of nitrogens with zero attached hydrogens (tertiary/aromatic N) is 1. The van der Waals surface area contributed by atoms with Crippen LogP contribution in [0.2, 0.25) is 0 Å². The molecule has 27 heavy (non-hydrogen) atoms. The zero-order valence-electron chi connectivity index (χ0n) is 16.2. The average Bonchev–Trinajstić information content (AvgIpc) is 2.63. The van der Waals surface area contributed by atoms with Crippen molar-refractivity contribution in [2.24, 2.45) is 0 Å². The molecule has 0 aliphatic heterocycles. The fourth-order valence-electron chi connectivity index (χ4n) is 3.52. The van der Waals surface area contributed by atoms with E-state index in [0.29, 0.717) is 12.0 Å². The van der Waals surface area contributed by atoms with Gasteiger partial charge in [-0.05, 0) is 31.9 Å². The minimum absolute atomic E-state index is 0.0399. The predicted molar refractivity (Wildman–Crippen MR) is 103 cm³/mol. The summed E-state index contributed by atoms with van der Waals surface area (Å²) in [5.41, 5.74) is 0.615. The van der Waals surface area contributed by atoms with Crippen molar-refractivity contribution >= 4 is 11.9 Å². The number of benzene rings is 2. The van der Waals surface area contributed by atoms with Gasteiger partial charge in [-0.25, -0.2) is 4.79 Å². The molecule has 0 saturated carbocycles. The van der Waals surface area contributed by atoms with E-state index in [0.717, 1.165) is 11.1 Å². The first-order chi connectivity index (χ1) is 12.8. The summed E-state index contributed by atoms with van der Waals surface area (Å²) in [5.74, 6) is -0.0927. The summed E-state index contributed by atoms with van der Waals surface area (Å²) in [5, 5.41) is 0. The first kappa shape index (κ1) is 19.1. The predicted octanol–water partition coefficient (Wildman–Crippen LogP) is 4.16. The highest BCUT2D eigenvalue weighted by molar-refractivity contribution is 6.14. The molecule has 0 radical (unpaired) electrons. The quantitative estimate of drug-likeness (QED) is 0.745. The highest BCUT2D eigenvalue weighted by Gasteiger charge is 2.57. The standard InChI is InChI=1S/C22H25NO4/c1-21(2,3)27-20(25)23(15-26-4)22(14-16-10-6-5-7-11-16)18-13-9-8-12-17(18)19(22)24/h5-13H,14-15H2,1-4H3/t22-/m1/s1. The van der Waals surface area contributed by atoms with Crippen LogP contribution in [0.25, 0.3) is 0 Å². The van der Waals surface area contributed by atoms with Crippen LogP contribution in [0, 0.1) is 0 Å². The van der Waals surface area contributed by atoms with Crippen LogP contribution in [-0.2, 0) is 21.4 Å². The van der Waals surface area contributed by atoms with Gasteiger partial charge >= 0.3 is 6.09 Å². The summed E-state index contributed by atoms with van der Waals surface area (Å²) in [4.78, 5) is 27.7. The second-order valence-electron chi connectivity index (χ2n) is 7.72. The van der Waals surface area contributed by atoms with E-state index in [9.17, 15) is 9.59 Å². The summed E-state index contributed by atoms with van der Waals surface area (Å²) < 4.78 is 10.9. The lowest BCUT2D eigenvalue weighted by Gasteiger charge is -2.49. The van der Waals surface area contributed by atoms with E-state index < -0.39 is 17.2 Å². The van der Waals surface area contributed by atoms with E-state index in [1.165, 1.54) is 12.0 Å². The Morgan fingerprint density at radius 2 is 1.67 bits per heavy atom. The molecular weight excluding hydrogens is 342 g/mol. The number of carbonyl (C=O) groups is 2. The van der Waals surface area contributed by atoms with E-state index in [4.69, 9.17) is 9.47 Å². The fraction of sp³-hybridized carbons (Fsp3) is 0.364. The van der Waals surface area contributed by atoms with Crippen molar-refractivity contribution in [1.82, 2.24) is 4.90 Å². The van der Waals surface area contributed by atoms with Gasteiger partial charge < -0.3 is 9.47 Å². The minimum Gasteiger partial charge on any atom is -0.444 e.